The molecule has 0 aliphatic heterocycles. The van der Waals surface area contributed by atoms with Crippen LogP contribution in [0, 0.1) is 25.3 Å². The maximum Gasteiger partial charge on any atom is 0.285 e. The molecule has 8 heteroatoms. The first kappa shape index (κ1) is 16.3. The van der Waals surface area contributed by atoms with Crippen molar-refractivity contribution in [2.75, 3.05) is 0 Å². The fourth-order valence-corrected chi connectivity index (χ4v) is 2.24. The number of rotatable bonds is 4. The summed E-state index contributed by atoms with van der Waals surface area (Å²) in [5.74, 6) is -2.07. The van der Waals surface area contributed by atoms with E-state index in [1.807, 2.05) is 22.6 Å². The molecule has 0 aromatic heterocycles. The fourth-order valence-electron chi connectivity index (χ4n) is 1.78. The SMILES string of the molecule is O=C(NCc1ccc(I)cc1F)c1ccc(F)cc1[N+](=O)[O-]. The molecule has 22 heavy (non-hydrogen) atoms. The number of nitrogens with one attached hydrogen (secondary N) is 1. The Kier molecular flexibility index (Phi) is 5.01. The van der Waals surface area contributed by atoms with Crippen molar-refractivity contribution in [3.63, 3.8) is 0 Å². The highest BCUT2D eigenvalue weighted by atomic mass is 127. The predicted molar refractivity (Wildman–Crippen MR) is 83.3 cm³/mol. The molecule has 0 unspecified atom stereocenters. The van der Waals surface area contributed by atoms with E-state index >= 15 is 0 Å². The smallest absolute Gasteiger partial charge is 0.285 e. The minimum atomic E-state index is -0.844. The van der Waals surface area contributed by atoms with Crippen molar-refractivity contribution in [1.82, 2.24) is 5.32 Å². The number of nitro groups is 1. The molecule has 1 amide bonds. The molecule has 2 aromatic rings. The highest BCUT2D eigenvalue weighted by Crippen LogP contribution is 2.20. The van der Waals surface area contributed by atoms with Gasteiger partial charge in [0.25, 0.3) is 11.6 Å². The predicted octanol–water partition coefficient (Wildman–Crippen LogP) is 3.41. The Labute approximate surface area is 137 Å². The average Bonchev–Trinajstić information content (AvgIpc) is 2.45. The molecule has 0 aliphatic carbocycles. The Hall–Kier alpha value is -2.10. The monoisotopic (exact) mass is 418 g/mol. The third-order valence-electron chi connectivity index (χ3n) is 2.86. The molecule has 0 saturated heterocycles. The van der Waals surface area contributed by atoms with E-state index < -0.39 is 28.2 Å². The molecule has 0 atom stereocenters. The molecule has 2 rings (SSSR count). The lowest BCUT2D eigenvalue weighted by Crippen LogP contribution is -2.24. The van der Waals surface area contributed by atoms with Gasteiger partial charge in [0, 0.05) is 15.7 Å². The quantitative estimate of drug-likeness (QED) is 0.470. The number of hydrogen-bond donors (Lipinski definition) is 1. The van der Waals surface area contributed by atoms with Gasteiger partial charge in [-0.05, 0) is 46.9 Å². The zero-order valence-corrected chi connectivity index (χ0v) is 13.1. The summed E-state index contributed by atoms with van der Waals surface area (Å²) in [5, 5.41) is 13.2. The first-order valence-electron chi connectivity index (χ1n) is 6.04. The molecule has 114 valence electrons. The highest BCUT2D eigenvalue weighted by molar-refractivity contribution is 14.1. The average molecular weight is 418 g/mol. The van der Waals surface area contributed by atoms with Crippen molar-refractivity contribution in [3.8, 4) is 0 Å². The van der Waals surface area contributed by atoms with E-state index in [9.17, 15) is 23.7 Å². The number of amides is 1. The lowest BCUT2D eigenvalue weighted by Gasteiger charge is -2.07. The second-order valence-electron chi connectivity index (χ2n) is 4.34. The summed E-state index contributed by atoms with van der Waals surface area (Å²) < 4.78 is 27.4. The van der Waals surface area contributed by atoms with E-state index in [2.05, 4.69) is 5.32 Å². The van der Waals surface area contributed by atoms with Gasteiger partial charge >= 0.3 is 0 Å². The molecule has 1 N–H and O–H groups in total. The summed E-state index contributed by atoms with van der Waals surface area (Å²) in [5.41, 5.74) is -0.670. The molecule has 0 heterocycles. The Bertz CT molecular complexity index is 753. The number of carbonyl (C=O) groups excluding carboxylic acids is 1. The highest BCUT2D eigenvalue weighted by Gasteiger charge is 2.21. The van der Waals surface area contributed by atoms with Crippen molar-refractivity contribution in [3.05, 3.63) is 72.8 Å². The number of halogens is 3. The molecule has 0 aliphatic rings. The summed E-state index contributed by atoms with van der Waals surface area (Å²) >= 11 is 1.95. The summed E-state index contributed by atoms with van der Waals surface area (Å²) in [4.78, 5) is 22.0. The van der Waals surface area contributed by atoms with Crippen molar-refractivity contribution in [1.29, 1.82) is 0 Å². The van der Waals surface area contributed by atoms with Gasteiger partial charge in [-0.2, -0.15) is 0 Å². The van der Waals surface area contributed by atoms with Crippen molar-refractivity contribution >= 4 is 34.2 Å². The topological polar surface area (TPSA) is 72.2 Å². The van der Waals surface area contributed by atoms with Crippen LogP contribution in [0.25, 0.3) is 0 Å². The molecule has 0 saturated carbocycles. The van der Waals surface area contributed by atoms with Crippen LogP contribution >= 0.6 is 22.6 Å². The molecule has 2 aromatic carbocycles. The first-order chi connectivity index (χ1) is 10.4. The summed E-state index contributed by atoms with van der Waals surface area (Å²) in [6.45, 7) is -0.129. The molecule has 0 spiro atoms. The van der Waals surface area contributed by atoms with Crippen LogP contribution in [0.5, 0.6) is 0 Å². The van der Waals surface area contributed by atoms with E-state index in [-0.39, 0.29) is 17.7 Å². The third kappa shape index (κ3) is 3.75. The van der Waals surface area contributed by atoms with Crippen LogP contribution in [0.15, 0.2) is 36.4 Å². The van der Waals surface area contributed by atoms with Crippen LogP contribution in [0.1, 0.15) is 15.9 Å². The van der Waals surface area contributed by atoms with Gasteiger partial charge in [-0.15, -0.1) is 0 Å². The van der Waals surface area contributed by atoms with E-state index in [1.165, 1.54) is 12.1 Å². The lowest BCUT2D eigenvalue weighted by molar-refractivity contribution is -0.385. The molecule has 0 bridgehead atoms. The minimum Gasteiger partial charge on any atom is -0.348 e. The second kappa shape index (κ2) is 6.77. The van der Waals surface area contributed by atoms with Gasteiger partial charge in [0.15, 0.2) is 0 Å². The maximum atomic E-state index is 13.6. The zero-order valence-electron chi connectivity index (χ0n) is 11.0. The van der Waals surface area contributed by atoms with Crippen molar-refractivity contribution in [2.45, 2.75) is 6.54 Å². The van der Waals surface area contributed by atoms with E-state index in [0.717, 1.165) is 12.1 Å². The fraction of sp³-hybridized carbons (Fsp3) is 0.0714. The maximum absolute atomic E-state index is 13.6. The number of nitrogens with zero attached hydrogens (tertiary/aromatic N) is 1. The first-order valence-corrected chi connectivity index (χ1v) is 7.12. The summed E-state index contributed by atoms with van der Waals surface area (Å²) in [7, 11) is 0. The molecule has 5 nitrogen and oxygen atoms in total. The summed E-state index contributed by atoms with van der Waals surface area (Å²) in [6.07, 6.45) is 0. The Morgan fingerprint density at radius 3 is 2.59 bits per heavy atom. The van der Waals surface area contributed by atoms with Gasteiger partial charge in [0.2, 0.25) is 0 Å². The van der Waals surface area contributed by atoms with Crippen LogP contribution in [-0.4, -0.2) is 10.8 Å². The molecular weight excluding hydrogens is 409 g/mol. The Morgan fingerprint density at radius 2 is 1.95 bits per heavy atom. The molecule has 0 fully saturated rings. The molecular formula is C14H9F2IN2O3. The Morgan fingerprint density at radius 1 is 1.23 bits per heavy atom. The van der Waals surface area contributed by atoms with Crippen LogP contribution in [-0.2, 0) is 6.54 Å². The largest absolute Gasteiger partial charge is 0.348 e. The van der Waals surface area contributed by atoms with Gasteiger partial charge in [-0.3, -0.25) is 14.9 Å². The van der Waals surface area contributed by atoms with Crippen molar-refractivity contribution in [2.24, 2.45) is 0 Å². The van der Waals surface area contributed by atoms with E-state index in [4.69, 9.17) is 0 Å². The number of hydrogen-bond acceptors (Lipinski definition) is 3. The van der Waals surface area contributed by atoms with Crippen LogP contribution in [0.3, 0.4) is 0 Å². The van der Waals surface area contributed by atoms with Crippen LogP contribution in [0.4, 0.5) is 14.5 Å². The van der Waals surface area contributed by atoms with E-state index in [0.29, 0.717) is 9.64 Å². The van der Waals surface area contributed by atoms with E-state index in [1.54, 1.807) is 6.07 Å². The van der Waals surface area contributed by atoms with Gasteiger partial charge in [-0.25, -0.2) is 8.78 Å². The second-order valence-corrected chi connectivity index (χ2v) is 5.58. The normalized spacial score (nSPS) is 10.3. The number of benzene rings is 2. The third-order valence-corrected chi connectivity index (χ3v) is 3.53. The van der Waals surface area contributed by atoms with Gasteiger partial charge in [-0.1, -0.05) is 6.07 Å². The van der Waals surface area contributed by atoms with Gasteiger partial charge < -0.3 is 5.32 Å². The lowest BCUT2D eigenvalue weighted by atomic mass is 10.1. The standard InChI is InChI=1S/C14H9F2IN2O3/c15-9-2-4-11(13(5-9)19(21)22)14(20)18-7-8-1-3-10(17)6-12(8)16/h1-6H,7H2,(H,18,20). The minimum absolute atomic E-state index is 0.129. The zero-order chi connectivity index (χ0) is 16.3. The molecule has 0 radical (unpaired) electrons. The van der Waals surface area contributed by atoms with Crippen LogP contribution in [0.2, 0.25) is 0 Å². The Balaban J connectivity index is 2.18. The number of nitro benzene ring substituents is 1. The number of carbonyl (C=O) groups is 1. The van der Waals surface area contributed by atoms with Crippen molar-refractivity contribution < 1.29 is 18.5 Å². The van der Waals surface area contributed by atoms with Gasteiger partial charge in [0.1, 0.15) is 17.2 Å². The van der Waals surface area contributed by atoms with Gasteiger partial charge in [0.05, 0.1) is 11.0 Å². The van der Waals surface area contributed by atoms with Crippen LogP contribution < -0.4 is 5.32 Å². The summed E-state index contributed by atoms with van der Waals surface area (Å²) in [6, 6.07) is 7.13.